The minimum Gasteiger partial charge on any atom is -0.490 e. The molecule has 1 nitrogen and oxygen atoms in total. The van der Waals surface area contributed by atoms with Gasteiger partial charge in [-0.25, -0.2) is 0 Å². The Morgan fingerprint density at radius 2 is 2.00 bits per heavy atom. The van der Waals surface area contributed by atoms with Crippen LogP contribution in [0.25, 0.3) is 0 Å². The van der Waals surface area contributed by atoms with Crippen molar-refractivity contribution in [2.24, 2.45) is 0 Å². The van der Waals surface area contributed by atoms with Crippen molar-refractivity contribution in [2.75, 3.05) is 6.61 Å². The van der Waals surface area contributed by atoms with Gasteiger partial charge in [0.15, 0.2) is 0 Å². The molecule has 0 fully saturated rings. The van der Waals surface area contributed by atoms with Crippen LogP contribution in [-0.4, -0.2) is 6.61 Å². The van der Waals surface area contributed by atoms with E-state index >= 15 is 0 Å². The SMILES string of the molecule is C=CCOc1ccc(C(C)CC)cc1. The quantitative estimate of drug-likeness (QED) is 0.642. The van der Waals surface area contributed by atoms with Crippen LogP contribution in [0.4, 0.5) is 0 Å². The molecule has 1 rings (SSSR count). The van der Waals surface area contributed by atoms with Gasteiger partial charge in [-0.15, -0.1) is 0 Å². The maximum absolute atomic E-state index is 5.41. The van der Waals surface area contributed by atoms with E-state index in [0.29, 0.717) is 12.5 Å². The van der Waals surface area contributed by atoms with Crippen LogP contribution >= 0.6 is 0 Å². The van der Waals surface area contributed by atoms with Crippen molar-refractivity contribution in [1.29, 1.82) is 0 Å². The van der Waals surface area contributed by atoms with E-state index < -0.39 is 0 Å². The lowest BCUT2D eigenvalue weighted by Gasteiger charge is -2.09. The first-order valence-corrected chi connectivity index (χ1v) is 5.11. The Hall–Kier alpha value is -1.24. The third-order valence-corrected chi connectivity index (χ3v) is 2.43. The molecule has 1 atom stereocenters. The Morgan fingerprint density at radius 3 is 2.50 bits per heavy atom. The zero-order valence-corrected chi connectivity index (χ0v) is 8.99. The molecule has 76 valence electrons. The Labute approximate surface area is 86.4 Å². The largest absolute Gasteiger partial charge is 0.490 e. The van der Waals surface area contributed by atoms with E-state index in [1.54, 1.807) is 6.08 Å². The lowest BCUT2D eigenvalue weighted by molar-refractivity contribution is 0.363. The van der Waals surface area contributed by atoms with Crippen LogP contribution in [-0.2, 0) is 0 Å². The average Bonchev–Trinajstić information content (AvgIpc) is 2.26. The molecule has 0 bridgehead atoms. The predicted octanol–water partition coefficient (Wildman–Crippen LogP) is 3.76. The molecule has 1 heteroatoms. The standard InChI is InChI=1S/C13H18O/c1-4-10-14-13-8-6-12(7-9-13)11(3)5-2/h4,6-9,11H,1,5,10H2,2-3H3. The molecule has 0 heterocycles. The normalized spacial score (nSPS) is 12.1. The molecule has 1 aromatic carbocycles. The maximum atomic E-state index is 5.41. The van der Waals surface area contributed by atoms with E-state index in [0.717, 1.165) is 5.75 Å². The second-order valence-electron chi connectivity index (χ2n) is 3.48. The smallest absolute Gasteiger partial charge is 0.119 e. The molecule has 0 aliphatic carbocycles. The molecular weight excluding hydrogens is 172 g/mol. The summed E-state index contributed by atoms with van der Waals surface area (Å²) in [6.07, 6.45) is 2.93. The van der Waals surface area contributed by atoms with Crippen LogP contribution in [0.5, 0.6) is 5.75 Å². The molecule has 0 radical (unpaired) electrons. The summed E-state index contributed by atoms with van der Waals surface area (Å²) in [5, 5.41) is 0. The topological polar surface area (TPSA) is 9.23 Å². The molecule has 1 unspecified atom stereocenters. The van der Waals surface area contributed by atoms with Crippen molar-refractivity contribution in [1.82, 2.24) is 0 Å². The number of hydrogen-bond acceptors (Lipinski definition) is 1. The highest BCUT2D eigenvalue weighted by Gasteiger charge is 2.01. The molecule has 0 aliphatic heterocycles. The van der Waals surface area contributed by atoms with Crippen LogP contribution in [0.3, 0.4) is 0 Å². The molecule has 0 aromatic heterocycles. The second-order valence-corrected chi connectivity index (χ2v) is 3.48. The maximum Gasteiger partial charge on any atom is 0.119 e. The molecular formula is C13H18O. The van der Waals surface area contributed by atoms with Crippen LogP contribution in [0.2, 0.25) is 0 Å². The lowest BCUT2D eigenvalue weighted by Crippen LogP contribution is -1.94. The van der Waals surface area contributed by atoms with Crippen LogP contribution in [0, 0.1) is 0 Å². The van der Waals surface area contributed by atoms with Gasteiger partial charge < -0.3 is 4.74 Å². The van der Waals surface area contributed by atoms with E-state index in [9.17, 15) is 0 Å². The molecule has 0 saturated heterocycles. The van der Waals surface area contributed by atoms with Gasteiger partial charge in [0, 0.05) is 0 Å². The van der Waals surface area contributed by atoms with Crippen molar-refractivity contribution < 1.29 is 4.74 Å². The van der Waals surface area contributed by atoms with E-state index in [2.05, 4.69) is 32.6 Å². The van der Waals surface area contributed by atoms with E-state index in [-0.39, 0.29) is 0 Å². The highest BCUT2D eigenvalue weighted by molar-refractivity contribution is 5.29. The third-order valence-electron chi connectivity index (χ3n) is 2.43. The van der Waals surface area contributed by atoms with Crippen molar-refractivity contribution in [3.63, 3.8) is 0 Å². The highest BCUT2D eigenvalue weighted by Crippen LogP contribution is 2.21. The number of benzene rings is 1. The molecule has 0 spiro atoms. The van der Waals surface area contributed by atoms with Crippen LogP contribution < -0.4 is 4.74 Å². The summed E-state index contributed by atoms with van der Waals surface area (Å²) in [5.74, 6) is 1.54. The van der Waals surface area contributed by atoms with Gasteiger partial charge in [-0.1, -0.05) is 38.6 Å². The molecule has 0 N–H and O–H groups in total. The van der Waals surface area contributed by atoms with Crippen LogP contribution in [0.1, 0.15) is 31.7 Å². The summed E-state index contributed by atoms with van der Waals surface area (Å²) < 4.78 is 5.41. The summed E-state index contributed by atoms with van der Waals surface area (Å²) in [6, 6.07) is 8.30. The summed E-state index contributed by atoms with van der Waals surface area (Å²) in [6.45, 7) is 8.62. The number of ether oxygens (including phenoxy) is 1. The number of hydrogen-bond donors (Lipinski definition) is 0. The van der Waals surface area contributed by atoms with Gasteiger partial charge in [-0.3, -0.25) is 0 Å². The first-order valence-electron chi connectivity index (χ1n) is 5.11. The summed E-state index contributed by atoms with van der Waals surface area (Å²) >= 11 is 0. The fourth-order valence-corrected chi connectivity index (χ4v) is 1.28. The zero-order valence-electron chi connectivity index (χ0n) is 8.99. The minimum atomic E-state index is 0.572. The van der Waals surface area contributed by atoms with Gasteiger partial charge in [-0.2, -0.15) is 0 Å². The molecule has 0 amide bonds. The predicted molar refractivity (Wildman–Crippen MR) is 60.8 cm³/mol. The van der Waals surface area contributed by atoms with Crippen molar-refractivity contribution in [2.45, 2.75) is 26.2 Å². The zero-order chi connectivity index (χ0) is 10.4. The Balaban J connectivity index is 2.63. The first kappa shape index (κ1) is 10.8. The molecule has 0 aliphatic rings. The van der Waals surface area contributed by atoms with Gasteiger partial charge >= 0.3 is 0 Å². The van der Waals surface area contributed by atoms with Gasteiger partial charge in [0.2, 0.25) is 0 Å². The van der Waals surface area contributed by atoms with Gasteiger partial charge in [-0.05, 0) is 30.0 Å². The van der Waals surface area contributed by atoms with E-state index in [4.69, 9.17) is 4.74 Å². The second kappa shape index (κ2) is 5.48. The average molecular weight is 190 g/mol. The fraction of sp³-hybridized carbons (Fsp3) is 0.385. The Kier molecular flexibility index (Phi) is 4.24. The Bertz CT molecular complexity index is 274. The summed E-state index contributed by atoms with van der Waals surface area (Å²) in [7, 11) is 0. The summed E-state index contributed by atoms with van der Waals surface area (Å²) in [4.78, 5) is 0. The van der Waals surface area contributed by atoms with Gasteiger partial charge in [0.05, 0.1) is 0 Å². The molecule has 14 heavy (non-hydrogen) atoms. The van der Waals surface area contributed by atoms with E-state index in [1.165, 1.54) is 12.0 Å². The monoisotopic (exact) mass is 190 g/mol. The van der Waals surface area contributed by atoms with Crippen molar-refractivity contribution >= 4 is 0 Å². The van der Waals surface area contributed by atoms with Crippen molar-refractivity contribution in [3.05, 3.63) is 42.5 Å². The molecule has 0 saturated carbocycles. The van der Waals surface area contributed by atoms with Gasteiger partial charge in [0.1, 0.15) is 12.4 Å². The minimum absolute atomic E-state index is 0.572. The van der Waals surface area contributed by atoms with Gasteiger partial charge in [0.25, 0.3) is 0 Å². The van der Waals surface area contributed by atoms with Crippen molar-refractivity contribution in [3.8, 4) is 5.75 Å². The Morgan fingerprint density at radius 1 is 1.36 bits per heavy atom. The molecule has 1 aromatic rings. The van der Waals surface area contributed by atoms with Crippen LogP contribution in [0.15, 0.2) is 36.9 Å². The highest BCUT2D eigenvalue weighted by atomic mass is 16.5. The first-order chi connectivity index (χ1) is 6.77. The third kappa shape index (κ3) is 2.91. The lowest BCUT2D eigenvalue weighted by atomic mass is 9.99. The summed E-state index contributed by atoms with van der Waals surface area (Å²) in [5.41, 5.74) is 1.37. The van der Waals surface area contributed by atoms with E-state index in [1.807, 2.05) is 12.1 Å². The fourth-order valence-electron chi connectivity index (χ4n) is 1.28. The number of rotatable bonds is 5.